The molecule has 3 N–H and O–H groups in total. The van der Waals surface area contributed by atoms with Crippen LogP contribution in [0, 0.1) is 11.8 Å². The van der Waals surface area contributed by atoms with Crippen molar-refractivity contribution in [2.45, 2.75) is 20.3 Å². The molecule has 1 aromatic carbocycles. The van der Waals surface area contributed by atoms with Gasteiger partial charge in [-0.15, -0.1) is 0 Å². The molecule has 1 saturated carbocycles. The lowest BCUT2D eigenvalue weighted by atomic mass is 10.1. The van der Waals surface area contributed by atoms with Gasteiger partial charge in [-0.1, -0.05) is 13.0 Å². The van der Waals surface area contributed by atoms with Gasteiger partial charge in [-0.2, -0.15) is 0 Å². The quantitative estimate of drug-likeness (QED) is 0.620. The van der Waals surface area contributed by atoms with E-state index < -0.39 is 0 Å². The van der Waals surface area contributed by atoms with Gasteiger partial charge in [-0.3, -0.25) is 0 Å². The molecule has 4 nitrogen and oxygen atoms in total. The van der Waals surface area contributed by atoms with Gasteiger partial charge in [0.15, 0.2) is 0 Å². The van der Waals surface area contributed by atoms with E-state index in [1.54, 1.807) is 13.0 Å². The predicted molar refractivity (Wildman–Crippen MR) is 72.6 cm³/mol. The molecular formula is C14H20N2O2. The van der Waals surface area contributed by atoms with Crippen LogP contribution in [0.25, 0.3) is 0 Å². The fourth-order valence-electron chi connectivity index (χ4n) is 2.03. The first-order chi connectivity index (χ1) is 8.63. The minimum absolute atomic E-state index is 0.357. The molecule has 0 radical (unpaired) electrons. The average Bonchev–Trinajstić information content (AvgIpc) is 3.04. The normalized spacial score (nSPS) is 21.4. The van der Waals surface area contributed by atoms with E-state index in [0.29, 0.717) is 17.9 Å². The minimum atomic E-state index is -0.363. The van der Waals surface area contributed by atoms with Crippen molar-refractivity contribution in [3.63, 3.8) is 0 Å². The zero-order chi connectivity index (χ0) is 13.1. The Morgan fingerprint density at radius 2 is 2.28 bits per heavy atom. The van der Waals surface area contributed by atoms with Crippen LogP contribution in [0.2, 0.25) is 0 Å². The van der Waals surface area contributed by atoms with Crippen LogP contribution in [-0.4, -0.2) is 19.1 Å². The molecule has 0 saturated heterocycles. The lowest BCUT2D eigenvalue weighted by molar-refractivity contribution is 0.0527. The van der Waals surface area contributed by atoms with E-state index in [0.717, 1.165) is 24.1 Å². The second kappa shape index (κ2) is 5.29. The van der Waals surface area contributed by atoms with Crippen LogP contribution in [0.15, 0.2) is 18.2 Å². The third-order valence-corrected chi connectivity index (χ3v) is 3.43. The molecule has 0 aliphatic heterocycles. The zero-order valence-electron chi connectivity index (χ0n) is 10.9. The molecule has 2 atom stereocenters. The van der Waals surface area contributed by atoms with Crippen LogP contribution in [-0.2, 0) is 4.74 Å². The SMILES string of the molecule is CCOC(=O)c1cccc(NCC2CC2C)c1N. The standard InChI is InChI=1S/C14H20N2O2/c1-3-18-14(17)11-5-4-6-12(13(11)15)16-8-10-7-9(10)2/h4-6,9-10,16H,3,7-8,15H2,1-2H3. The number of nitrogens with two attached hydrogens (primary N) is 1. The van der Waals surface area contributed by atoms with Gasteiger partial charge in [-0.25, -0.2) is 4.79 Å². The molecule has 1 aromatic rings. The van der Waals surface area contributed by atoms with Crippen LogP contribution in [0.3, 0.4) is 0 Å². The molecule has 0 amide bonds. The van der Waals surface area contributed by atoms with E-state index in [4.69, 9.17) is 10.5 Å². The summed E-state index contributed by atoms with van der Waals surface area (Å²) >= 11 is 0. The molecule has 0 aromatic heterocycles. The molecule has 2 rings (SSSR count). The van der Waals surface area contributed by atoms with Crippen molar-refractivity contribution in [3.05, 3.63) is 23.8 Å². The Morgan fingerprint density at radius 3 is 2.89 bits per heavy atom. The molecule has 0 heterocycles. The first-order valence-electron chi connectivity index (χ1n) is 6.43. The van der Waals surface area contributed by atoms with Crippen molar-refractivity contribution in [2.75, 3.05) is 24.2 Å². The summed E-state index contributed by atoms with van der Waals surface area (Å²) < 4.78 is 4.97. The summed E-state index contributed by atoms with van der Waals surface area (Å²) in [5.41, 5.74) is 7.72. The largest absolute Gasteiger partial charge is 0.462 e. The molecule has 1 fully saturated rings. The van der Waals surface area contributed by atoms with Crippen molar-refractivity contribution in [2.24, 2.45) is 11.8 Å². The summed E-state index contributed by atoms with van der Waals surface area (Å²) in [7, 11) is 0. The van der Waals surface area contributed by atoms with Crippen molar-refractivity contribution < 1.29 is 9.53 Å². The minimum Gasteiger partial charge on any atom is -0.462 e. The van der Waals surface area contributed by atoms with E-state index in [2.05, 4.69) is 12.2 Å². The van der Waals surface area contributed by atoms with E-state index in [1.807, 2.05) is 12.1 Å². The van der Waals surface area contributed by atoms with Gasteiger partial charge in [0.05, 0.1) is 23.5 Å². The maximum absolute atomic E-state index is 11.7. The smallest absolute Gasteiger partial charge is 0.340 e. The third kappa shape index (κ3) is 2.75. The van der Waals surface area contributed by atoms with Gasteiger partial charge in [-0.05, 0) is 37.3 Å². The number of anilines is 2. The number of carbonyl (C=O) groups is 1. The maximum atomic E-state index is 11.7. The van der Waals surface area contributed by atoms with E-state index in [1.165, 1.54) is 6.42 Å². The van der Waals surface area contributed by atoms with Crippen LogP contribution in [0.5, 0.6) is 0 Å². The Balaban J connectivity index is 2.06. The van der Waals surface area contributed by atoms with Crippen molar-refractivity contribution in [1.82, 2.24) is 0 Å². The first kappa shape index (κ1) is 12.7. The van der Waals surface area contributed by atoms with Gasteiger partial charge in [0.2, 0.25) is 0 Å². The second-order valence-electron chi connectivity index (χ2n) is 4.84. The number of ether oxygens (including phenoxy) is 1. The Hall–Kier alpha value is -1.71. The number of nitrogen functional groups attached to an aromatic ring is 1. The van der Waals surface area contributed by atoms with Gasteiger partial charge in [0.25, 0.3) is 0 Å². The highest BCUT2D eigenvalue weighted by Gasteiger charge is 2.32. The number of esters is 1. The summed E-state index contributed by atoms with van der Waals surface area (Å²) in [5, 5.41) is 3.31. The predicted octanol–water partition coefficient (Wildman–Crippen LogP) is 2.51. The lowest BCUT2D eigenvalue weighted by Crippen LogP contribution is -2.12. The van der Waals surface area contributed by atoms with Gasteiger partial charge in [0, 0.05) is 6.54 Å². The number of hydrogen-bond donors (Lipinski definition) is 2. The van der Waals surface area contributed by atoms with Crippen LogP contribution in [0.4, 0.5) is 11.4 Å². The number of hydrogen-bond acceptors (Lipinski definition) is 4. The van der Waals surface area contributed by atoms with Gasteiger partial charge >= 0.3 is 5.97 Å². The maximum Gasteiger partial charge on any atom is 0.340 e. The summed E-state index contributed by atoms with van der Waals surface area (Å²) in [5.74, 6) is 1.17. The van der Waals surface area contributed by atoms with Gasteiger partial charge in [0.1, 0.15) is 0 Å². The van der Waals surface area contributed by atoms with Crippen molar-refractivity contribution >= 4 is 17.3 Å². The highest BCUT2D eigenvalue weighted by molar-refractivity contribution is 5.98. The topological polar surface area (TPSA) is 64.3 Å². The van der Waals surface area contributed by atoms with Crippen molar-refractivity contribution in [3.8, 4) is 0 Å². The highest BCUT2D eigenvalue weighted by atomic mass is 16.5. The first-order valence-corrected chi connectivity index (χ1v) is 6.43. The Labute approximate surface area is 108 Å². The molecule has 4 heteroatoms. The molecule has 1 aliphatic carbocycles. The van der Waals surface area contributed by atoms with Crippen LogP contribution in [0.1, 0.15) is 30.6 Å². The number of benzene rings is 1. The van der Waals surface area contributed by atoms with Crippen LogP contribution < -0.4 is 11.1 Å². The fourth-order valence-corrected chi connectivity index (χ4v) is 2.03. The molecular weight excluding hydrogens is 228 g/mol. The third-order valence-electron chi connectivity index (χ3n) is 3.43. The summed E-state index contributed by atoms with van der Waals surface area (Å²) in [6.07, 6.45) is 1.27. The number of carbonyl (C=O) groups excluding carboxylic acids is 1. The summed E-state index contributed by atoms with van der Waals surface area (Å²) in [6, 6.07) is 5.41. The molecule has 0 bridgehead atoms. The molecule has 98 valence electrons. The number of nitrogens with one attached hydrogen (secondary N) is 1. The molecule has 0 spiro atoms. The second-order valence-corrected chi connectivity index (χ2v) is 4.84. The monoisotopic (exact) mass is 248 g/mol. The van der Waals surface area contributed by atoms with Gasteiger partial charge < -0.3 is 15.8 Å². The van der Waals surface area contributed by atoms with Crippen molar-refractivity contribution in [1.29, 1.82) is 0 Å². The number of rotatable bonds is 5. The Bertz CT molecular complexity index is 445. The molecule has 2 unspecified atom stereocenters. The average molecular weight is 248 g/mol. The summed E-state index contributed by atoms with van der Waals surface area (Å²) in [4.78, 5) is 11.7. The van der Waals surface area contributed by atoms with E-state index in [-0.39, 0.29) is 5.97 Å². The van der Waals surface area contributed by atoms with E-state index in [9.17, 15) is 4.79 Å². The Morgan fingerprint density at radius 1 is 1.56 bits per heavy atom. The molecule has 18 heavy (non-hydrogen) atoms. The number of para-hydroxylation sites is 1. The van der Waals surface area contributed by atoms with Crippen LogP contribution >= 0.6 is 0 Å². The lowest BCUT2D eigenvalue weighted by Gasteiger charge is -2.12. The molecule has 1 aliphatic rings. The Kier molecular flexibility index (Phi) is 3.75. The van der Waals surface area contributed by atoms with E-state index >= 15 is 0 Å². The highest BCUT2D eigenvalue weighted by Crippen LogP contribution is 2.38. The summed E-state index contributed by atoms with van der Waals surface area (Å²) in [6.45, 7) is 5.29. The zero-order valence-corrected chi connectivity index (χ0v) is 10.9. The fraction of sp³-hybridized carbons (Fsp3) is 0.500.